The molecule has 0 saturated carbocycles. The first-order valence-corrected chi connectivity index (χ1v) is 9.86. The molecular formula is C21H23N3OS. The van der Waals surface area contributed by atoms with Gasteiger partial charge in [-0.1, -0.05) is 55.9 Å². The summed E-state index contributed by atoms with van der Waals surface area (Å²) in [6.07, 6.45) is 3.48. The van der Waals surface area contributed by atoms with E-state index in [0.717, 1.165) is 40.4 Å². The minimum absolute atomic E-state index is 0.140. The monoisotopic (exact) mass is 365 g/mol. The Labute approximate surface area is 158 Å². The van der Waals surface area contributed by atoms with Gasteiger partial charge in [0.1, 0.15) is 6.33 Å². The number of hydrogen-bond acceptors (Lipinski definition) is 4. The van der Waals surface area contributed by atoms with Crippen molar-refractivity contribution in [1.82, 2.24) is 14.8 Å². The van der Waals surface area contributed by atoms with Crippen molar-refractivity contribution in [1.29, 1.82) is 0 Å². The van der Waals surface area contributed by atoms with Crippen LogP contribution in [0.2, 0.25) is 0 Å². The van der Waals surface area contributed by atoms with Gasteiger partial charge in [0.15, 0.2) is 10.9 Å². The summed E-state index contributed by atoms with van der Waals surface area (Å²) in [4.78, 5) is 12.8. The molecule has 134 valence electrons. The maximum Gasteiger partial charge on any atom is 0.196 e. The number of carbonyl (C=O) groups excluding carboxylic acids is 1. The molecule has 0 saturated heterocycles. The van der Waals surface area contributed by atoms with E-state index < -0.39 is 0 Å². The topological polar surface area (TPSA) is 47.8 Å². The molecule has 0 aliphatic heterocycles. The van der Waals surface area contributed by atoms with Crippen LogP contribution in [-0.4, -0.2) is 26.3 Å². The second-order valence-corrected chi connectivity index (χ2v) is 7.12. The lowest BCUT2D eigenvalue weighted by molar-refractivity contribution is 0.102. The van der Waals surface area contributed by atoms with Crippen LogP contribution in [0, 0.1) is 6.92 Å². The van der Waals surface area contributed by atoms with Crippen LogP contribution in [0.5, 0.6) is 0 Å². The summed E-state index contributed by atoms with van der Waals surface area (Å²) in [6.45, 7) is 6.24. The molecule has 3 rings (SSSR count). The summed E-state index contributed by atoms with van der Waals surface area (Å²) >= 11 is 1.43. The number of ketones is 1. The van der Waals surface area contributed by atoms with E-state index >= 15 is 0 Å². The predicted octanol–water partition coefficient (Wildman–Crippen LogP) is 4.68. The minimum atomic E-state index is 0.140. The SMILES string of the molecule is CCc1ccc(CC)c(C(=O)CSc2nncn2-c2ccccc2C)c1. The van der Waals surface area contributed by atoms with Crippen LogP contribution in [0.1, 0.15) is 40.9 Å². The van der Waals surface area contributed by atoms with E-state index in [2.05, 4.69) is 49.2 Å². The van der Waals surface area contributed by atoms with Gasteiger partial charge in [-0.25, -0.2) is 0 Å². The van der Waals surface area contributed by atoms with Crippen molar-refractivity contribution in [2.75, 3.05) is 5.75 Å². The Morgan fingerprint density at radius 1 is 1.12 bits per heavy atom. The van der Waals surface area contributed by atoms with Gasteiger partial charge in [0, 0.05) is 5.56 Å². The number of benzene rings is 2. The number of thioether (sulfide) groups is 1. The van der Waals surface area contributed by atoms with E-state index in [-0.39, 0.29) is 5.78 Å². The summed E-state index contributed by atoms with van der Waals surface area (Å²) in [5, 5.41) is 8.97. The molecule has 2 aromatic carbocycles. The molecule has 3 aromatic rings. The number of nitrogens with zero attached hydrogens (tertiary/aromatic N) is 3. The maximum atomic E-state index is 12.8. The highest BCUT2D eigenvalue weighted by atomic mass is 32.2. The molecule has 0 N–H and O–H groups in total. The van der Waals surface area contributed by atoms with Crippen molar-refractivity contribution in [3.8, 4) is 5.69 Å². The van der Waals surface area contributed by atoms with E-state index in [1.54, 1.807) is 6.33 Å². The standard InChI is InChI=1S/C21H23N3OS/c1-4-16-10-11-17(5-2)18(12-16)20(25)13-26-21-23-22-14-24(21)19-9-7-6-8-15(19)3/h6-12,14H,4-5,13H2,1-3H3. The van der Waals surface area contributed by atoms with Crippen molar-refractivity contribution in [3.05, 3.63) is 71.0 Å². The Morgan fingerprint density at radius 3 is 2.65 bits per heavy atom. The third-order valence-corrected chi connectivity index (χ3v) is 5.43. The second kappa shape index (κ2) is 8.32. The zero-order valence-corrected chi connectivity index (χ0v) is 16.2. The Morgan fingerprint density at radius 2 is 1.92 bits per heavy atom. The Kier molecular flexibility index (Phi) is 5.89. The molecule has 0 aliphatic rings. The number of para-hydroxylation sites is 1. The van der Waals surface area contributed by atoms with Gasteiger partial charge in [0.2, 0.25) is 0 Å². The maximum absolute atomic E-state index is 12.8. The summed E-state index contributed by atoms with van der Waals surface area (Å²) in [7, 11) is 0. The van der Waals surface area contributed by atoms with E-state index in [9.17, 15) is 4.79 Å². The first kappa shape index (κ1) is 18.4. The molecule has 0 aliphatic carbocycles. The average Bonchev–Trinajstić information content (AvgIpc) is 3.14. The lowest BCUT2D eigenvalue weighted by atomic mass is 9.98. The van der Waals surface area contributed by atoms with Gasteiger partial charge in [0.25, 0.3) is 0 Å². The molecule has 0 radical (unpaired) electrons. The van der Waals surface area contributed by atoms with Crippen molar-refractivity contribution >= 4 is 17.5 Å². The largest absolute Gasteiger partial charge is 0.293 e. The highest BCUT2D eigenvalue weighted by Gasteiger charge is 2.15. The number of carbonyl (C=O) groups is 1. The van der Waals surface area contributed by atoms with Gasteiger partial charge in [0.05, 0.1) is 11.4 Å². The molecule has 1 aromatic heterocycles. The quantitative estimate of drug-likeness (QED) is 0.451. The lowest BCUT2D eigenvalue weighted by Gasteiger charge is -2.10. The molecule has 0 amide bonds. The molecule has 4 nitrogen and oxygen atoms in total. The van der Waals surface area contributed by atoms with Gasteiger partial charge in [-0.3, -0.25) is 9.36 Å². The first-order chi connectivity index (χ1) is 12.6. The van der Waals surface area contributed by atoms with E-state index in [1.165, 1.54) is 17.3 Å². The highest BCUT2D eigenvalue weighted by Crippen LogP contribution is 2.23. The molecule has 0 spiro atoms. The summed E-state index contributed by atoms with van der Waals surface area (Å²) < 4.78 is 1.94. The van der Waals surface area contributed by atoms with Crippen LogP contribution in [-0.2, 0) is 12.8 Å². The summed E-state index contributed by atoms with van der Waals surface area (Å²) in [5.74, 6) is 0.492. The highest BCUT2D eigenvalue weighted by molar-refractivity contribution is 7.99. The molecule has 1 heterocycles. The average molecular weight is 366 g/mol. The number of rotatable bonds is 7. The van der Waals surface area contributed by atoms with Crippen molar-refractivity contribution in [2.24, 2.45) is 0 Å². The van der Waals surface area contributed by atoms with E-state index in [4.69, 9.17) is 0 Å². The zero-order valence-electron chi connectivity index (χ0n) is 15.4. The van der Waals surface area contributed by atoms with Gasteiger partial charge in [-0.05, 0) is 48.6 Å². The van der Waals surface area contributed by atoms with Gasteiger partial charge < -0.3 is 0 Å². The lowest BCUT2D eigenvalue weighted by Crippen LogP contribution is -2.08. The molecule has 0 atom stereocenters. The van der Waals surface area contributed by atoms with Gasteiger partial charge in [-0.2, -0.15) is 0 Å². The van der Waals surface area contributed by atoms with Crippen LogP contribution in [0.25, 0.3) is 5.69 Å². The van der Waals surface area contributed by atoms with Crippen molar-refractivity contribution in [3.63, 3.8) is 0 Å². The predicted molar refractivity (Wildman–Crippen MR) is 106 cm³/mol. The third kappa shape index (κ3) is 3.88. The molecular weight excluding hydrogens is 342 g/mol. The molecule has 26 heavy (non-hydrogen) atoms. The normalized spacial score (nSPS) is 10.9. The number of Topliss-reactive ketones (excluding diaryl/α,β-unsaturated/α-hetero) is 1. The van der Waals surface area contributed by atoms with Crippen molar-refractivity contribution < 1.29 is 4.79 Å². The van der Waals surface area contributed by atoms with Crippen LogP contribution >= 0.6 is 11.8 Å². The van der Waals surface area contributed by atoms with Crippen LogP contribution in [0.15, 0.2) is 53.9 Å². The molecule has 0 fully saturated rings. The second-order valence-electron chi connectivity index (χ2n) is 6.18. The van der Waals surface area contributed by atoms with E-state index in [0.29, 0.717) is 5.75 Å². The minimum Gasteiger partial charge on any atom is -0.293 e. The van der Waals surface area contributed by atoms with Gasteiger partial charge in [-0.15, -0.1) is 10.2 Å². The number of hydrogen-bond donors (Lipinski definition) is 0. The fourth-order valence-electron chi connectivity index (χ4n) is 2.94. The fraction of sp³-hybridized carbons (Fsp3) is 0.286. The molecule has 5 heteroatoms. The Bertz CT molecular complexity index is 917. The first-order valence-electron chi connectivity index (χ1n) is 8.87. The Hall–Kier alpha value is -2.40. The summed E-state index contributed by atoms with van der Waals surface area (Å²) in [5.41, 5.74) is 5.31. The molecule has 0 bridgehead atoms. The van der Waals surface area contributed by atoms with Gasteiger partial charge >= 0.3 is 0 Å². The van der Waals surface area contributed by atoms with E-state index in [1.807, 2.05) is 28.8 Å². The third-order valence-electron chi connectivity index (χ3n) is 4.49. The van der Waals surface area contributed by atoms with Crippen LogP contribution in [0.3, 0.4) is 0 Å². The zero-order chi connectivity index (χ0) is 18.5. The smallest absolute Gasteiger partial charge is 0.196 e. The van der Waals surface area contributed by atoms with Crippen LogP contribution < -0.4 is 0 Å². The fourth-order valence-corrected chi connectivity index (χ4v) is 3.75. The van der Waals surface area contributed by atoms with Crippen LogP contribution in [0.4, 0.5) is 0 Å². The Balaban J connectivity index is 1.80. The number of aromatic nitrogens is 3. The molecule has 0 unspecified atom stereocenters. The number of aryl methyl sites for hydroxylation is 3. The summed E-state index contributed by atoms with van der Waals surface area (Å²) in [6, 6.07) is 14.3. The van der Waals surface area contributed by atoms with Crippen molar-refractivity contribution in [2.45, 2.75) is 38.8 Å².